The third-order valence-corrected chi connectivity index (χ3v) is 7.06. The first kappa shape index (κ1) is 18.3. The summed E-state index contributed by atoms with van der Waals surface area (Å²) in [6, 6.07) is 10.4. The molecule has 132 valence electrons. The first-order valence-corrected chi connectivity index (χ1v) is 10.2. The van der Waals surface area contributed by atoms with Gasteiger partial charge in [0.25, 0.3) is 5.91 Å². The van der Waals surface area contributed by atoms with E-state index in [-0.39, 0.29) is 11.5 Å². The predicted octanol–water partition coefficient (Wildman–Crippen LogP) is 5.32. The number of nitrogens with one attached hydrogen (secondary N) is 1. The van der Waals surface area contributed by atoms with Crippen molar-refractivity contribution in [2.24, 2.45) is 0 Å². The third-order valence-electron chi connectivity index (χ3n) is 4.05. The maximum absolute atomic E-state index is 13.8. The zero-order valence-electron chi connectivity index (χ0n) is 13.8. The summed E-state index contributed by atoms with van der Waals surface area (Å²) >= 11 is 3.86. The SMILES string of the molecule is C[C@H](NC(=O)c1ccc(C2SCCCS2)cc1)c1ccc(F)cc1F. The Morgan fingerprint density at radius 3 is 2.44 bits per heavy atom. The molecule has 0 aliphatic carbocycles. The molecule has 25 heavy (non-hydrogen) atoms. The summed E-state index contributed by atoms with van der Waals surface area (Å²) in [6.45, 7) is 1.68. The molecule has 6 heteroatoms. The van der Waals surface area contributed by atoms with E-state index in [4.69, 9.17) is 0 Å². The molecular weight excluding hydrogens is 360 g/mol. The molecule has 0 aromatic heterocycles. The Morgan fingerprint density at radius 2 is 1.80 bits per heavy atom. The van der Waals surface area contributed by atoms with Gasteiger partial charge in [0.1, 0.15) is 11.6 Å². The Kier molecular flexibility index (Phi) is 6.02. The summed E-state index contributed by atoms with van der Waals surface area (Å²) in [5, 5.41) is 2.76. The van der Waals surface area contributed by atoms with Crippen molar-refractivity contribution in [2.75, 3.05) is 11.5 Å². The molecule has 1 fully saturated rings. The normalized spacial score (nSPS) is 16.4. The minimum atomic E-state index is -0.658. The lowest BCUT2D eigenvalue weighted by Gasteiger charge is -2.21. The first-order chi connectivity index (χ1) is 12.0. The Bertz CT molecular complexity index is 746. The van der Waals surface area contributed by atoms with Crippen LogP contribution >= 0.6 is 23.5 Å². The van der Waals surface area contributed by atoms with Crippen LogP contribution in [0, 0.1) is 11.6 Å². The summed E-state index contributed by atoms with van der Waals surface area (Å²) in [5.74, 6) is 0.774. The number of thioether (sulfide) groups is 2. The van der Waals surface area contributed by atoms with Crippen LogP contribution < -0.4 is 5.32 Å². The standard InChI is InChI=1S/C19H19F2NOS2/c1-12(16-8-7-15(20)11-17(16)21)22-18(23)13-3-5-14(6-4-13)19-24-9-2-10-25-19/h3-8,11-12,19H,2,9-10H2,1H3,(H,22,23)/t12-/m0/s1. The molecule has 0 bridgehead atoms. The average molecular weight is 379 g/mol. The minimum absolute atomic E-state index is 0.265. The van der Waals surface area contributed by atoms with Gasteiger partial charge < -0.3 is 5.32 Å². The van der Waals surface area contributed by atoms with Crippen LogP contribution in [-0.4, -0.2) is 17.4 Å². The van der Waals surface area contributed by atoms with Gasteiger partial charge >= 0.3 is 0 Å². The van der Waals surface area contributed by atoms with Crippen molar-refractivity contribution in [3.8, 4) is 0 Å². The number of hydrogen-bond donors (Lipinski definition) is 1. The Morgan fingerprint density at radius 1 is 1.12 bits per heavy atom. The summed E-state index contributed by atoms with van der Waals surface area (Å²) in [5.41, 5.74) is 2.01. The molecule has 2 aromatic carbocycles. The zero-order chi connectivity index (χ0) is 17.8. The van der Waals surface area contributed by atoms with E-state index in [2.05, 4.69) is 5.32 Å². The maximum atomic E-state index is 13.8. The molecule has 2 aromatic rings. The molecule has 2 nitrogen and oxygen atoms in total. The Labute approximate surface area is 154 Å². The van der Waals surface area contributed by atoms with Gasteiger partial charge in [-0.1, -0.05) is 18.2 Å². The Balaban J connectivity index is 1.66. The summed E-state index contributed by atoms with van der Waals surface area (Å²) < 4.78 is 27.2. The fourth-order valence-corrected chi connectivity index (χ4v) is 5.58. The van der Waals surface area contributed by atoms with Crippen molar-refractivity contribution in [3.63, 3.8) is 0 Å². The van der Waals surface area contributed by atoms with E-state index in [1.54, 1.807) is 19.1 Å². The molecule has 1 atom stereocenters. The molecular formula is C19H19F2NOS2. The topological polar surface area (TPSA) is 29.1 Å². The molecule has 0 unspecified atom stereocenters. The molecule has 1 aliphatic heterocycles. The van der Waals surface area contributed by atoms with Crippen LogP contribution in [0.1, 0.15) is 45.5 Å². The van der Waals surface area contributed by atoms with Crippen LogP contribution in [0.4, 0.5) is 8.78 Å². The van der Waals surface area contributed by atoms with Gasteiger partial charge in [0.15, 0.2) is 0 Å². The zero-order valence-corrected chi connectivity index (χ0v) is 15.4. The number of amides is 1. The van der Waals surface area contributed by atoms with Crippen LogP contribution in [0.5, 0.6) is 0 Å². The molecule has 3 rings (SSSR count). The molecule has 1 N–H and O–H groups in total. The fraction of sp³-hybridized carbons (Fsp3) is 0.316. The lowest BCUT2D eigenvalue weighted by Crippen LogP contribution is -2.27. The van der Waals surface area contributed by atoms with Gasteiger partial charge in [0.2, 0.25) is 0 Å². The summed E-state index contributed by atoms with van der Waals surface area (Å²) in [7, 11) is 0. The minimum Gasteiger partial charge on any atom is -0.345 e. The highest BCUT2D eigenvalue weighted by Gasteiger charge is 2.18. The second kappa shape index (κ2) is 8.23. The molecule has 1 heterocycles. The number of benzene rings is 2. The average Bonchev–Trinajstić information content (AvgIpc) is 2.62. The molecule has 1 amide bonds. The molecule has 0 saturated carbocycles. The lowest BCUT2D eigenvalue weighted by atomic mass is 10.1. The smallest absolute Gasteiger partial charge is 0.251 e. The molecule has 1 saturated heterocycles. The van der Waals surface area contributed by atoms with E-state index in [0.717, 1.165) is 6.07 Å². The summed E-state index contributed by atoms with van der Waals surface area (Å²) in [6.07, 6.45) is 1.24. The van der Waals surface area contributed by atoms with Gasteiger partial charge in [-0.15, -0.1) is 23.5 Å². The van der Waals surface area contributed by atoms with E-state index in [0.29, 0.717) is 10.1 Å². The van der Waals surface area contributed by atoms with Crippen LogP contribution in [0.3, 0.4) is 0 Å². The van der Waals surface area contributed by atoms with Crippen molar-refractivity contribution in [1.29, 1.82) is 0 Å². The van der Waals surface area contributed by atoms with Crippen LogP contribution in [0.15, 0.2) is 42.5 Å². The second-order valence-electron chi connectivity index (χ2n) is 5.91. The summed E-state index contributed by atoms with van der Waals surface area (Å²) in [4.78, 5) is 12.4. The van der Waals surface area contributed by atoms with E-state index in [1.165, 1.54) is 35.6 Å². The first-order valence-electron chi connectivity index (χ1n) is 8.13. The van der Waals surface area contributed by atoms with Gasteiger partial charge in [0, 0.05) is 17.2 Å². The van der Waals surface area contributed by atoms with E-state index < -0.39 is 17.7 Å². The quantitative estimate of drug-likeness (QED) is 0.779. The largest absolute Gasteiger partial charge is 0.345 e. The van der Waals surface area contributed by atoms with Crippen LogP contribution in [0.2, 0.25) is 0 Å². The van der Waals surface area contributed by atoms with Gasteiger partial charge in [-0.25, -0.2) is 8.78 Å². The number of carbonyl (C=O) groups excluding carboxylic acids is 1. The number of rotatable bonds is 4. The van der Waals surface area contributed by atoms with Crippen LogP contribution in [-0.2, 0) is 0 Å². The van der Waals surface area contributed by atoms with Crippen LogP contribution in [0.25, 0.3) is 0 Å². The number of halogens is 2. The monoisotopic (exact) mass is 379 g/mol. The van der Waals surface area contributed by atoms with E-state index in [1.807, 2.05) is 35.7 Å². The van der Waals surface area contributed by atoms with E-state index in [9.17, 15) is 13.6 Å². The number of hydrogen-bond acceptors (Lipinski definition) is 3. The highest BCUT2D eigenvalue weighted by Crippen LogP contribution is 2.43. The fourth-order valence-electron chi connectivity index (χ4n) is 2.68. The Hall–Kier alpha value is -1.53. The maximum Gasteiger partial charge on any atom is 0.251 e. The second-order valence-corrected chi connectivity index (χ2v) is 8.63. The van der Waals surface area contributed by atoms with Crippen molar-refractivity contribution in [1.82, 2.24) is 5.32 Å². The van der Waals surface area contributed by atoms with Gasteiger partial charge in [0.05, 0.1) is 10.6 Å². The molecule has 1 aliphatic rings. The van der Waals surface area contributed by atoms with Crippen molar-refractivity contribution in [2.45, 2.75) is 24.0 Å². The molecule has 0 radical (unpaired) electrons. The molecule has 0 spiro atoms. The van der Waals surface area contributed by atoms with Gasteiger partial charge in [-0.2, -0.15) is 0 Å². The third kappa shape index (κ3) is 4.55. The van der Waals surface area contributed by atoms with Crippen molar-refractivity contribution < 1.29 is 13.6 Å². The van der Waals surface area contributed by atoms with Gasteiger partial charge in [-0.3, -0.25) is 4.79 Å². The van der Waals surface area contributed by atoms with Crippen molar-refractivity contribution in [3.05, 3.63) is 70.8 Å². The van der Waals surface area contributed by atoms with E-state index >= 15 is 0 Å². The van der Waals surface area contributed by atoms with Crippen molar-refractivity contribution >= 4 is 29.4 Å². The highest BCUT2D eigenvalue weighted by atomic mass is 32.2. The predicted molar refractivity (Wildman–Crippen MR) is 101 cm³/mol. The van der Waals surface area contributed by atoms with Gasteiger partial charge in [-0.05, 0) is 48.6 Å². The number of carbonyl (C=O) groups is 1. The lowest BCUT2D eigenvalue weighted by molar-refractivity contribution is 0.0939. The highest BCUT2D eigenvalue weighted by molar-refractivity contribution is 8.16.